The molecule has 0 saturated carbocycles. The predicted octanol–water partition coefficient (Wildman–Crippen LogP) is 3.95. The molecule has 2 amide bonds. The molecular weight excluding hydrogens is 335 g/mol. The number of aryl methyl sites for hydroxylation is 1. The van der Waals surface area contributed by atoms with Crippen molar-refractivity contribution in [3.05, 3.63) is 63.6 Å². The molecule has 0 aliphatic heterocycles. The monoisotopic (exact) mass is 350 g/mol. The van der Waals surface area contributed by atoms with Gasteiger partial charge in [-0.15, -0.1) is 0 Å². The molecule has 0 fully saturated rings. The van der Waals surface area contributed by atoms with Crippen LogP contribution in [0.1, 0.15) is 17.5 Å². The number of carbonyl (C=O) groups is 2. The lowest BCUT2D eigenvalue weighted by atomic mass is 10.1. The van der Waals surface area contributed by atoms with Crippen LogP contribution in [0.15, 0.2) is 42.5 Å². The minimum absolute atomic E-state index is 0.258. The van der Waals surface area contributed by atoms with Crippen LogP contribution in [0.2, 0.25) is 10.0 Å². The fourth-order valence-corrected chi connectivity index (χ4v) is 2.29. The molecule has 0 aliphatic rings. The van der Waals surface area contributed by atoms with Gasteiger partial charge < -0.3 is 10.6 Å². The van der Waals surface area contributed by atoms with E-state index in [1.165, 1.54) is 6.07 Å². The molecule has 0 atom stereocenters. The number of carbonyl (C=O) groups excluding carboxylic acids is 2. The van der Waals surface area contributed by atoms with Crippen LogP contribution in [-0.4, -0.2) is 11.8 Å². The summed E-state index contributed by atoms with van der Waals surface area (Å²) in [5.74, 6) is -0.753. The molecule has 0 aromatic heterocycles. The first kappa shape index (κ1) is 17.3. The normalized spacial score (nSPS) is 10.2. The number of anilines is 1. The summed E-state index contributed by atoms with van der Waals surface area (Å²) < 4.78 is 0. The van der Waals surface area contributed by atoms with Crippen LogP contribution in [0.25, 0.3) is 0 Å². The fraction of sp³-hybridized carbons (Fsp3) is 0.176. The third-order valence-electron chi connectivity index (χ3n) is 3.26. The zero-order chi connectivity index (χ0) is 16.8. The number of hydrogen-bond acceptors (Lipinski definition) is 2. The van der Waals surface area contributed by atoms with E-state index in [0.717, 1.165) is 11.1 Å². The smallest absolute Gasteiger partial charge is 0.233 e. The lowest BCUT2D eigenvalue weighted by molar-refractivity contribution is -0.126. The van der Waals surface area contributed by atoms with Gasteiger partial charge in [0.25, 0.3) is 0 Å². The Kier molecular flexibility index (Phi) is 6.02. The van der Waals surface area contributed by atoms with Crippen molar-refractivity contribution in [3.63, 3.8) is 0 Å². The van der Waals surface area contributed by atoms with E-state index >= 15 is 0 Å². The minimum Gasteiger partial charge on any atom is -0.352 e. The second kappa shape index (κ2) is 7.99. The van der Waals surface area contributed by atoms with Gasteiger partial charge in [0.05, 0.1) is 10.0 Å². The maximum absolute atomic E-state index is 11.8. The van der Waals surface area contributed by atoms with Gasteiger partial charge in [0, 0.05) is 12.2 Å². The van der Waals surface area contributed by atoms with Crippen molar-refractivity contribution in [2.45, 2.75) is 19.9 Å². The molecule has 6 heteroatoms. The van der Waals surface area contributed by atoms with E-state index in [-0.39, 0.29) is 12.3 Å². The molecule has 23 heavy (non-hydrogen) atoms. The maximum Gasteiger partial charge on any atom is 0.233 e. The molecule has 2 rings (SSSR count). The zero-order valence-corrected chi connectivity index (χ0v) is 14.0. The van der Waals surface area contributed by atoms with Gasteiger partial charge in [-0.05, 0) is 36.2 Å². The summed E-state index contributed by atoms with van der Waals surface area (Å²) in [5, 5.41) is 6.08. The SMILES string of the molecule is Cc1ccccc1CNC(=O)CC(=O)Nc1ccc(Cl)c(Cl)c1. The van der Waals surface area contributed by atoms with Crippen molar-refractivity contribution in [2.24, 2.45) is 0 Å². The van der Waals surface area contributed by atoms with Gasteiger partial charge >= 0.3 is 0 Å². The van der Waals surface area contributed by atoms with Crippen molar-refractivity contribution in [2.75, 3.05) is 5.32 Å². The molecule has 4 nitrogen and oxygen atoms in total. The summed E-state index contributed by atoms with van der Waals surface area (Å²) in [6.07, 6.45) is -0.258. The Balaban J connectivity index is 1.84. The van der Waals surface area contributed by atoms with Crippen molar-refractivity contribution >= 4 is 40.7 Å². The van der Waals surface area contributed by atoms with E-state index in [9.17, 15) is 9.59 Å². The number of nitrogens with one attached hydrogen (secondary N) is 2. The Labute approximate surface area is 144 Å². The number of benzene rings is 2. The van der Waals surface area contributed by atoms with Crippen LogP contribution in [0, 0.1) is 6.92 Å². The van der Waals surface area contributed by atoms with Gasteiger partial charge in [0.2, 0.25) is 11.8 Å². The van der Waals surface area contributed by atoms with E-state index in [1.54, 1.807) is 12.1 Å². The predicted molar refractivity (Wildman–Crippen MR) is 92.7 cm³/mol. The molecule has 120 valence electrons. The highest BCUT2D eigenvalue weighted by molar-refractivity contribution is 6.42. The van der Waals surface area contributed by atoms with Gasteiger partial charge in [-0.3, -0.25) is 9.59 Å². The van der Waals surface area contributed by atoms with Crippen LogP contribution in [0.4, 0.5) is 5.69 Å². The standard InChI is InChI=1S/C17H16Cl2N2O2/c1-11-4-2-3-5-12(11)10-20-16(22)9-17(23)21-13-6-7-14(18)15(19)8-13/h2-8H,9-10H2,1H3,(H,20,22)(H,21,23). The van der Waals surface area contributed by atoms with Crippen LogP contribution in [0.5, 0.6) is 0 Å². The Hall–Kier alpha value is -2.04. The number of halogens is 2. The van der Waals surface area contributed by atoms with E-state index in [4.69, 9.17) is 23.2 Å². The molecule has 2 N–H and O–H groups in total. The fourth-order valence-electron chi connectivity index (χ4n) is 1.99. The lowest BCUT2D eigenvalue weighted by Crippen LogP contribution is -2.28. The van der Waals surface area contributed by atoms with E-state index in [2.05, 4.69) is 10.6 Å². The van der Waals surface area contributed by atoms with E-state index < -0.39 is 5.91 Å². The first-order valence-corrected chi connectivity index (χ1v) is 7.77. The van der Waals surface area contributed by atoms with Crippen LogP contribution >= 0.6 is 23.2 Å². The highest BCUT2D eigenvalue weighted by Crippen LogP contribution is 2.25. The topological polar surface area (TPSA) is 58.2 Å². The van der Waals surface area contributed by atoms with Crippen molar-refractivity contribution in [1.29, 1.82) is 0 Å². The molecule has 0 saturated heterocycles. The quantitative estimate of drug-likeness (QED) is 0.802. The summed E-state index contributed by atoms with van der Waals surface area (Å²) in [4.78, 5) is 23.7. The largest absolute Gasteiger partial charge is 0.352 e. The van der Waals surface area contributed by atoms with Crippen molar-refractivity contribution < 1.29 is 9.59 Å². The van der Waals surface area contributed by atoms with E-state index in [1.807, 2.05) is 31.2 Å². The van der Waals surface area contributed by atoms with Gasteiger partial charge in [0.15, 0.2) is 0 Å². The molecule has 0 spiro atoms. The lowest BCUT2D eigenvalue weighted by Gasteiger charge is -2.09. The zero-order valence-electron chi connectivity index (χ0n) is 12.5. The summed E-state index contributed by atoms with van der Waals surface area (Å²) in [6, 6.07) is 12.5. The summed E-state index contributed by atoms with van der Waals surface area (Å²) in [6.45, 7) is 2.37. The Morgan fingerprint density at radius 1 is 1.00 bits per heavy atom. The molecule has 0 unspecified atom stereocenters. The Morgan fingerprint density at radius 3 is 2.43 bits per heavy atom. The van der Waals surface area contributed by atoms with Gasteiger partial charge in [-0.1, -0.05) is 47.5 Å². The highest BCUT2D eigenvalue weighted by atomic mass is 35.5. The third kappa shape index (κ3) is 5.27. The first-order chi connectivity index (χ1) is 11.0. The van der Waals surface area contributed by atoms with Crippen LogP contribution in [-0.2, 0) is 16.1 Å². The van der Waals surface area contributed by atoms with Crippen molar-refractivity contribution in [1.82, 2.24) is 5.32 Å². The molecular formula is C17H16Cl2N2O2. The summed E-state index contributed by atoms with van der Waals surface area (Å²) in [7, 11) is 0. The third-order valence-corrected chi connectivity index (χ3v) is 4.00. The summed E-state index contributed by atoms with van der Waals surface area (Å²) in [5.41, 5.74) is 2.61. The van der Waals surface area contributed by atoms with Crippen LogP contribution < -0.4 is 10.6 Å². The maximum atomic E-state index is 11.8. The van der Waals surface area contributed by atoms with Crippen molar-refractivity contribution in [3.8, 4) is 0 Å². The second-order valence-electron chi connectivity index (χ2n) is 5.06. The van der Waals surface area contributed by atoms with E-state index in [0.29, 0.717) is 22.3 Å². The van der Waals surface area contributed by atoms with Crippen LogP contribution in [0.3, 0.4) is 0 Å². The molecule has 0 radical (unpaired) electrons. The highest BCUT2D eigenvalue weighted by Gasteiger charge is 2.10. The van der Waals surface area contributed by atoms with Gasteiger partial charge in [-0.25, -0.2) is 0 Å². The summed E-state index contributed by atoms with van der Waals surface area (Å²) >= 11 is 11.7. The Morgan fingerprint density at radius 2 is 1.74 bits per heavy atom. The molecule has 0 bridgehead atoms. The van der Waals surface area contributed by atoms with Gasteiger partial charge in [-0.2, -0.15) is 0 Å². The Bertz CT molecular complexity index is 732. The first-order valence-electron chi connectivity index (χ1n) is 7.02. The average molecular weight is 351 g/mol. The molecule has 2 aromatic carbocycles. The second-order valence-corrected chi connectivity index (χ2v) is 5.87. The number of hydrogen-bond donors (Lipinski definition) is 2. The molecule has 0 heterocycles. The molecule has 0 aliphatic carbocycles. The van der Waals surface area contributed by atoms with Gasteiger partial charge in [0.1, 0.15) is 6.42 Å². The minimum atomic E-state index is -0.411. The number of rotatable bonds is 5. The average Bonchev–Trinajstić information content (AvgIpc) is 2.50. The molecule has 2 aromatic rings. The number of amides is 2.